The predicted octanol–water partition coefficient (Wildman–Crippen LogP) is -0.245. The molecule has 4 amide bonds. The van der Waals surface area contributed by atoms with Gasteiger partial charge in [-0.1, -0.05) is 0 Å². The van der Waals surface area contributed by atoms with Crippen LogP contribution in [0.1, 0.15) is 12.8 Å². The van der Waals surface area contributed by atoms with E-state index in [9.17, 15) is 14.4 Å². The molecule has 0 spiro atoms. The third-order valence-electron chi connectivity index (χ3n) is 3.39. The van der Waals surface area contributed by atoms with Crippen molar-refractivity contribution >= 4 is 34.7 Å². The maximum Gasteiger partial charge on any atom is 0.500 e. The highest BCUT2D eigenvalue weighted by Crippen LogP contribution is 2.35. The molecule has 2 aliphatic heterocycles. The van der Waals surface area contributed by atoms with E-state index < -0.39 is 11.9 Å². The first kappa shape index (κ1) is 15.7. The average Bonchev–Trinajstić information content (AvgIpc) is 2.92. The number of carbonyl (C=O) groups excluding carboxylic acids is 3. The van der Waals surface area contributed by atoms with Crippen molar-refractivity contribution in [2.75, 3.05) is 27.2 Å². The Balaban J connectivity index is 2.08. The lowest BCUT2D eigenvalue weighted by Crippen LogP contribution is -2.49. The van der Waals surface area contributed by atoms with Crippen molar-refractivity contribution in [1.29, 1.82) is 0 Å². The molecule has 2 rings (SSSR count). The van der Waals surface area contributed by atoms with Crippen molar-refractivity contribution in [1.82, 2.24) is 10.2 Å². The van der Waals surface area contributed by atoms with E-state index >= 15 is 0 Å². The van der Waals surface area contributed by atoms with Crippen molar-refractivity contribution in [2.45, 2.75) is 12.8 Å². The Morgan fingerprint density at radius 2 is 2.19 bits per heavy atom. The first-order chi connectivity index (χ1) is 9.97. The largest absolute Gasteiger partial charge is 0.500 e. The number of aliphatic hydroxyl groups is 1. The summed E-state index contributed by atoms with van der Waals surface area (Å²) in [5, 5.41) is 12.0. The number of carbonyl (C=O) groups is 3. The van der Waals surface area contributed by atoms with Gasteiger partial charge >= 0.3 is 11.9 Å². The number of unbranched alkanes of at least 4 members (excludes halogenated alkanes) is 1. The van der Waals surface area contributed by atoms with Crippen LogP contribution in [0, 0.1) is 5.92 Å². The number of hydrogen-bond donors (Lipinski definition) is 2. The number of nitrogens with one attached hydrogen (secondary N) is 1. The molecule has 1 unspecified atom stereocenters. The van der Waals surface area contributed by atoms with Crippen molar-refractivity contribution in [3.63, 3.8) is 0 Å². The third kappa shape index (κ3) is 3.01. The SMILES string of the molecule is CN1C(=O)C2C=C(C(=O)NCCCCO)SC2=[N+](C)C1=O. The van der Waals surface area contributed by atoms with Crippen LogP contribution in [0.3, 0.4) is 0 Å². The molecule has 0 aromatic heterocycles. The fourth-order valence-electron chi connectivity index (χ4n) is 2.16. The molecular weight excluding hydrogens is 294 g/mol. The first-order valence-corrected chi connectivity index (χ1v) is 7.50. The zero-order valence-corrected chi connectivity index (χ0v) is 12.8. The Morgan fingerprint density at radius 1 is 1.48 bits per heavy atom. The van der Waals surface area contributed by atoms with Crippen molar-refractivity contribution < 1.29 is 24.1 Å². The molecular formula is C13H18N3O4S+. The molecule has 0 aromatic rings. The van der Waals surface area contributed by atoms with E-state index in [1.807, 2.05) is 0 Å². The van der Waals surface area contributed by atoms with Crippen LogP contribution in [0.4, 0.5) is 4.79 Å². The molecule has 114 valence electrons. The summed E-state index contributed by atoms with van der Waals surface area (Å²) in [6, 6.07) is -0.392. The molecule has 21 heavy (non-hydrogen) atoms. The minimum absolute atomic E-state index is 0.0983. The monoisotopic (exact) mass is 312 g/mol. The normalized spacial score (nSPS) is 21.6. The van der Waals surface area contributed by atoms with Crippen LogP contribution in [-0.4, -0.2) is 64.7 Å². The van der Waals surface area contributed by atoms with E-state index in [4.69, 9.17) is 5.11 Å². The maximum atomic E-state index is 12.1. The van der Waals surface area contributed by atoms with Gasteiger partial charge in [0.1, 0.15) is 5.92 Å². The number of aliphatic hydroxyl groups excluding tert-OH is 1. The fourth-order valence-corrected chi connectivity index (χ4v) is 3.26. The van der Waals surface area contributed by atoms with Gasteiger partial charge in [-0.2, -0.15) is 14.3 Å². The van der Waals surface area contributed by atoms with Gasteiger partial charge in [0.05, 0.1) is 19.0 Å². The molecule has 0 saturated carbocycles. The summed E-state index contributed by atoms with van der Waals surface area (Å²) in [5.74, 6) is -1.12. The number of imide groups is 1. The summed E-state index contributed by atoms with van der Waals surface area (Å²) in [4.78, 5) is 37.4. The van der Waals surface area contributed by atoms with Gasteiger partial charge in [-0.15, -0.1) is 0 Å². The quantitative estimate of drug-likeness (QED) is 0.540. The summed E-state index contributed by atoms with van der Waals surface area (Å²) in [5.41, 5.74) is 0. The zero-order chi connectivity index (χ0) is 15.6. The van der Waals surface area contributed by atoms with Crippen LogP contribution in [-0.2, 0) is 9.59 Å². The summed E-state index contributed by atoms with van der Waals surface area (Å²) in [6.45, 7) is 0.570. The number of fused-ring (bicyclic) bond motifs is 1. The van der Waals surface area contributed by atoms with Crippen molar-refractivity contribution in [2.24, 2.45) is 5.92 Å². The van der Waals surface area contributed by atoms with Crippen LogP contribution in [0.15, 0.2) is 11.0 Å². The van der Waals surface area contributed by atoms with Crippen LogP contribution in [0.25, 0.3) is 0 Å². The maximum absolute atomic E-state index is 12.1. The summed E-state index contributed by atoms with van der Waals surface area (Å²) in [6.07, 6.45) is 2.93. The zero-order valence-electron chi connectivity index (χ0n) is 12.0. The van der Waals surface area contributed by atoms with Gasteiger partial charge in [0.15, 0.2) is 5.04 Å². The van der Waals surface area contributed by atoms with E-state index in [0.717, 1.165) is 16.7 Å². The molecule has 0 fully saturated rings. The second-order valence-electron chi connectivity index (χ2n) is 4.87. The molecule has 2 N–H and O–H groups in total. The summed E-state index contributed by atoms with van der Waals surface area (Å²) in [7, 11) is 3.03. The number of nitrogens with zero attached hydrogens (tertiary/aromatic N) is 2. The Kier molecular flexibility index (Phi) is 4.79. The van der Waals surface area contributed by atoms with Gasteiger partial charge in [0.2, 0.25) is 0 Å². The number of hydrogen-bond acceptors (Lipinski definition) is 5. The van der Waals surface area contributed by atoms with Gasteiger partial charge in [-0.25, -0.2) is 4.79 Å². The highest BCUT2D eigenvalue weighted by molar-refractivity contribution is 8.18. The number of rotatable bonds is 5. The van der Waals surface area contributed by atoms with E-state index in [2.05, 4.69) is 5.32 Å². The molecule has 2 heterocycles. The van der Waals surface area contributed by atoms with E-state index in [1.54, 1.807) is 13.1 Å². The highest BCUT2D eigenvalue weighted by Gasteiger charge is 2.48. The second-order valence-corrected chi connectivity index (χ2v) is 5.94. The Labute approximate surface area is 126 Å². The van der Waals surface area contributed by atoms with Crippen LogP contribution in [0.2, 0.25) is 0 Å². The van der Waals surface area contributed by atoms with Gasteiger partial charge < -0.3 is 10.4 Å². The van der Waals surface area contributed by atoms with Gasteiger partial charge in [0, 0.05) is 13.2 Å². The molecule has 0 aliphatic carbocycles. The standard InChI is InChI=1S/C13H17N3O4S/c1-15-11(19)8-7-9(10(18)14-5-3-4-6-17)21-12(8)16(2)13(15)20/h7-8,17H,3-6H2,1-2H3/p+1. The lowest BCUT2D eigenvalue weighted by molar-refractivity contribution is -0.403. The Morgan fingerprint density at radius 3 is 2.86 bits per heavy atom. The number of urea groups is 1. The summed E-state index contributed by atoms with van der Waals surface area (Å²) < 4.78 is 1.40. The fraction of sp³-hybridized carbons (Fsp3) is 0.538. The van der Waals surface area contributed by atoms with Gasteiger partial charge in [0.25, 0.3) is 5.91 Å². The molecule has 0 bridgehead atoms. The average molecular weight is 312 g/mol. The smallest absolute Gasteiger partial charge is 0.396 e. The van der Waals surface area contributed by atoms with Crippen molar-refractivity contribution in [3.8, 4) is 0 Å². The molecule has 2 aliphatic rings. The molecule has 0 aromatic carbocycles. The topological polar surface area (TPSA) is 89.7 Å². The van der Waals surface area contributed by atoms with E-state index in [1.165, 1.54) is 11.6 Å². The first-order valence-electron chi connectivity index (χ1n) is 6.68. The van der Waals surface area contributed by atoms with Crippen LogP contribution < -0.4 is 5.32 Å². The Bertz CT molecular complexity index is 556. The van der Waals surface area contributed by atoms with Crippen molar-refractivity contribution in [3.05, 3.63) is 11.0 Å². The molecule has 0 radical (unpaired) electrons. The van der Waals surface area contributed by atoms with E-state index in [-0.39, 0.29) is 18.4 Å². The molecule has 1 atom stereocenters. The molecule has 0 saturated heterocycles. The van der Waals surface area contributed by atoms with Gasteiger partial charge in [-0.3, -0.25) is 4.79 Å². The minimum atomic E-state index is -0.555. The highest BCUT2D eigenvalue weighted by atomic mass is 32.2. The molecule has 7 nitrogen and oxygen atoms in total. The van der Waals surface area contributed by atoms with Gasteiger partial charge in [-0.05, 0) is 30.7 Å². The lowest BCUT2D eigenvalue weighted by atomic mass is 10.1. The summed E-state index contributed by atoms with van der Waals surface area (Å²) >= 11 is 1.16. The Hall–Kier alpha value is -1.67. The van der Waals surface area contributed by atoms with E-state index in [0.29, 0.717) is 29.3 Å². The second kappa shape index (κ2) is 6.40. The lowest BCUT2D eigenvalue weighted by Gasteiger charge is -2.18. The molecule has 8 heteroatoms. The number of amides is 4. The number of thioether (sulfide) groups is 1. The van der Waals surface area contributed by atoms with Crippen LogP contribution in [0.5, 0.6) is 0 Å². The third-order valence-corrected chi connectivity index (χ3v) is 4.67. The predicted molar refractivity (Wildman–Crippen MR) is 77.9 cm³/mol. The van der Waals surface area contributed by atoms with Crippen LogP contribution >= 0.6 is 11.8 Å². The minimum Gasteiger partial charge on any atom is -0.396 e.